The van der Waals surface area contributed by atoms with Gasteiger partial charge in [-0.25, -0.2) is 4.79 Å². The van der Waals surface area contributed by atoms with Gasteiger partial charge in [0.2, 0.25) is 0 Å². The number of ether oxygens (including phenoxy) is 1. The largest absolute Gasteiger partial charge is 0.463 e. The van der Waals surface area contributed by atoms with Crippen LogP contribution in [-0.2, 0) is 9.53 Å². The van der Waals surface area contributed by atoms with E-state index in [0.717, 1.165) is 11.1 Å². The maximum atomic E-state index is 12.3. The number of hydrogen-bond acceptors (Lipinski definition) is 4. The van der Waals surface area contributed by atoms with Gasteiger partial charge in [0.05, 0.1) is 0 Å². The average Bonchev–Trinajstić information content (AvgIpc) is 3.00. The minimum Gasteiger partial charge on any atom is -0.463 e. The summed E-state index contributed by atoms with van der Waals surface area (Å²) in [5, 5.41) is 10.2. The molecule has 3 aromatic carbocycles. The monoisotopic (exact) mass is 345 g/mol. The topological polar surface area (TPSA) is 72.5 Å². The molecular formula is C22H19NO3. The lowest BCUT2D eigenvalue weighted by Crippen LogP contribution is -2.19. The van der Waals surface area contributed by atoms with Crippen LogP contribution < -0.4 is 5.73 Å². The van der Waals surface area contributed by atoms with Gasteiger partial charge >= 0.3 is 5.97 Å². The Balaban J connectivity index is 1.53. The fourth-order valence-electron chi connectivity index (χ4n) is 3.50. The van der Waals surface area contributed by atoms with Gasteiger partial charge in [0, 0.05) is 11.6 Å². The number of fused-ring (bicyclic) bond motifs is 3. The molecular weight excluding hydrogens is 326 g/mol. The number of carbonyl (C=O) groups is 1. The highest BCUT2D eigenvalue weighted by Crippen LogP contribution is 2.44. The molecule has 0 amide bonds. The van der Waals surface area contributed by atoms with E-state index in [0.29, 0.717) is 11.3 Å². The number of carbonyl (C=O) groups excluding carboxylic acids is 1. The molecule has 0 saturated carbocycles. The van der Waals surface area contributed by atoms with Gasteiger partial charge in [-0.05, 0) is 39.9 Å². The van der Waals surface area contributed by atoms with Crippen LogP contribution in [0.4, 0.5) is 5.69 Å². The molecule has 4 rings (SSSR count). The lowest BCUT2D eigenvalue weighted by molar-refractivity contribution is -0.154. The normalized spacial score (nSPS) is 13.7. The van der Waals surface area contributed by atoms with Gasteiger partial charge in [0.15, 0.2) is 6.10 Å². The first-order valence-corrected chi connectivity index (χ1v) is 8.53. The Kier molecular flexibility index (Phi) is 4.19. The fraction of sp³-hybridized carbons (Fsp3) is 0.136. The minimum absolute atomic E-state index is 0.0232. The van der Waals surface area contributed by atoms with Crippen LogP contribution in [0.15, 0.2) is 72.8 Å². The van der Waals surface area contributed by atoms with Crippen molar-refractivity contribution in [2.45, 2.75) is 12.0 Å². The third kappa shape index (κ3) is 2.85. The Hall–Kier alpha value is -3.11. The molecule has 4 heteroatoms. The highest BCUT2D eigenvalue weighted by Gasteiger charge is 2.30. The van der Waals surface area contributed by atoms with Gasteiger partial charge in [-0.15, -0.1) is 0 Å². The fourth-order valence-corrected chi connectivity index (χ4v) is 3.50. The smallest absolute Gasteiger partial charge is 0.339 e. The summed E-state index contributed by atoms with van der Waals surface area (Å²) in [7, 11) is 0. The maximum absolute atomic E-state index is 12.3. The first kappa shape index (κ1) is 16.4. The van der Waals surface area contributed by atoms with Gasteiger partial charge in [-0.1, -0.05) is 60.7 Å². The predicted octanol–water partition coefficient (Wildman–Crippen LogP) is 3.66. The second kappa shape index (κ2) is 6.65. The van der Waals surface area contributed by atoms with Crippen molar-refractivity contribution in [3.05, 3.63) is 89.5 Å². The molecule has 1 atom stereocenters. The van der Waals surface area contributed by atoms with E-state index in [2.05, 4.69) is 24.3 Å². The summed E-state index contributed by atoms with van der Waals surface area (Å²) in [4.78, 5) is 12.3. The standard InChI is InChI=1S/C22H19NO3/c23-15-11-9-14(10-12-15)21(24)22(25)26-13-20-18-7-3-1-5-16(18)17-6-2-4-8-19(17)20/h1-12,20-21,24H,13,23H2/t21-/m1/s1. The van der Waals surface area contributed by atoms with E-state index in [4.69, 9.17) is 10.5 Å². The number of nitrogen functional groups attached to an aromatic ring is 1. The molecule has 0 fully saturated rings. The summed E-state index contributed by atoms with van der Waals surface area (Å²) < 4.78 is 5.47. The van der Waals surface area contributed by atoms with Crippen molar-refractivity contribution < 1.29 is 14.6 Å². The zero-order chi connectivity index (χ0) is 18.1. The minimum atomic E-state index is -1.32. The molecule has 0 aliphatic heterocycles. The molecule has 0 bridgehead atoms. The molecule has 0 spiro atoms. The zero-order valence-corrected chi connectivity index (χ0v) is 14.1. The Morgan fingerprint density at radius 3 is 2.04 bits per heavy atom. The Bertz CT molecular complexity index is 904. The Morgan fingerprint density at radius 1 is 0.923 bits per heavy atom. The number of esters is 1. The van der Waals surface area contributed by atoms with Crippen LogP contribution in [0.5, 0.6) is 0 Å². The summed E-state index contributed by atoms with van der Waals surface area (Å²) in [6.45, 7) is 0.193. The number of benzene rings is 3. The summed E-state index contributed by atoms with van der Waals surface area (Å²) >= 11 is 0. The third-order valence-corrected chi connectivity index (χ3v) is 4.83. The van der Waals surface area contributed by atoms with Gasteiger partial charge < -0.3 is 15.6 Å². The van der Waals surface area contributed by atoms with Crippen LogP contribution in [0.3, 0.4) is 0 Å². The van der Waals surface area contributed by atoms with Crippen molar-refractivity contribution >= 4 is 11.7 Å². The van der Waals surface area contributed by atoms with Gasteiger partial charge in [-0.3, -0.25) is 0 Å². The van der Waals surface area contributed by atoms with Gasteiger partial charge in [0.1, 0.15) is 6.61 Å². The second-order valence-corrected chi connectivity index (χ2v) is 6.43. The molecule has 1 aliphatic rings. The predicted molar refractivity (Wildman–Crippen MR) is 100 cm³/mol. The molecule has 0 radical (unpaired) electrons. The molecule has 26 heavy (non-hydrogen) atoms. The number of rotatable bonds is 4. The van der Waals surface area contributed by atoms with E-state index in [-0.39, 0.29) is 12.5 Å². The SMILES string of the molecule is Nc1ccc([C@@H](O)C(=O)OCC2c3ccccc3-c3ccccc32)cc1. The first-order chi connectivity index (χ1) is 12.6. The van der Waals surface area contributed by atoms with E-state index in [9.17, 15) is 9.90 Å². The highest BCUT2D eigenvalue weighted by atomic mass is 16.5. The molecule has 1 aliphatic carbocycles. The average molecular weight is 345 g/mol. The number of aliphatic hydroxyl groups excluding tert-OH is 1. The summed E-state index contributed by atoms with van der Waals surface area (Å²) in [6, 6.07) is 22.8. The number of aliphatic hydroxyl groups is 1. The number of anilines is 1. The van der Waals surface area contributed by atoms with Crippen molar-refractivity contribution in [2.24, 2.45) is 0 Å². The van der Waals surface area contributed by atoms with Crippen LogP contribution in [0.2, 0.25) is 0 Å². The molecule has 3 aromatic rings. The van der Waals surface area contributed by atoms with E-state index < -0.39 is 12.1 Å². The molecule has 0 saturated heterocycles. The van der Waals surface area contributed by atoms with Crippen molar-refractivity contribution in [3.63, 3.8) is 0 Å². The lowest BCUT2D eigenvalue weighted by atomic mass is 9.98. The van der Waals surface area contributed by atoms with Crippen LogP contribution in [-0.4, -0.2) is 17.7 Å². The van der Waals surface area contributed by atoms with E-state index in [1.165, 1.54) is 11.1 Å². The number of hydrogen-bond donors (Lipinski definition) is 2. The van der Waals surface area contributed by atoms with Crippen LogP contribution >= 0.6 is 0 Å². The van der Waals surface area contributed by atoms with Crippen LogP contribution in [0, 0.1) is 0 Å². The van der Waals surface area contributed by atoms with Crippen molar-refractivity contribution in [1.82, 2.24) is 0 Å². The maximum Gasteiger partial charge on any atom is 0.339 e. The molecule has 3 N–H and O–H groups in total. The quantitative estimate of drug-likeness (QED) is 0.559. The molecule has 0 unspecified atom stereocenters. The van der Waals surface area contributed by atoms with Crippen LogP contribution in [0.1, 0.15) is 28.7 Å². The lowest BCUT2D eigenvalue weighted by Gasteiger charge is -2.16. The Labute approximate surface area is 151 Å². The Morgan fingerprint density at radius 2 is 1.46 bits per heavy atom. The molecule has 0 aromatic heterocycles. The third-order valence-electron chi connectivity index (χ3n) is 4.83. The first-order valence-electron chi connectivity index (χ1n) is 8.53. The molecule has 4 nitrogen and oxygen atoms in total. The van der Waals surface area contributed by atoms with Crippen molar-refractivity contribution in [2.75, 3.05) is 12.3 Å². The van der Waals surface area contributed by atoms with E-state index >= 15 is 0 Å². The summed E-state index contributed by atoms with van der Waals surface area (Å²) in [5.41, 5.74) is 11.3. The summed E-state index contributed by atoms with van der Waals surface area (Å²) in [5.74, 6) is -0.679. The van der Waals surface area contributed by atoms with E-state index in [1.54, 1.807) is 24.3 Å². The van der Waals surface area contributed by atoms with E-state index in [1.807, 2.05) is 24.3 Å². The second-order valence-electron chi connectivity index (χ2n) is 6.43. The number of nitrogens with two attached hydrogens (primary N) is 1. The summed E-state index contributed by atoms with van der Waals surface area (Å²) in [6.07, 6.45) is -1.32. The molecule has 130 valence electrons. The zero-order valence-electron chi connectivity index (χ0n) is 14.1. The van der Waals surface area contributed by atoms with Crippen molar-refractivity contribution in [1.29, 1.82) is 0 Å². The molecule has 0 heterocycles. The van der Waals surface area contributed by atoms with Gasteiger partial charge in [-0.2, -0.15) is 0 Å². The highest BCUT2D eigenvalue weighted by molar-refractivity contribution is 5.80. The van der Waals surface area contributed by atoms with Gasteiger partial charge in [0.25, 0.3) is 0 Å². The van der Waals surface area contributed by atoms with Crippen LogP contribution in [0.25, 0.3) is 11.1 Å². The van der Waals surface area contributed by atoms with Crippen molar-refractivity contribution in [3.8, 4) is 11.1 Å².